The van der Waals surface area contributed by atoms with Crippen molar-refractivity contribution in [2.45, 2.75) is 11.0 Å². The fourth-order valence-corrected chi connectivity index (χ4v) is 2.44. The smallest absolute Gasteiger partial charge is 0.269 e. The van der Waals surface area contributed by atoms with Crippen LogP contribution in [0.25, 0.3) is 0 Å². The second-order valence-electron chi connectivity index (χ2n) is 4.34. The van der Waals surface area contributed by atoms with Crippen molar-refractivity contribution in [3.05, 3.63) is 64.7 Å². The maximum atomic E-state index is 10.5. The number of nitro groups is 1. The maximum Gasteiger partial charge on any atom is 0.269 e. The van der Waals surface area contributed by atoms with Gasteiger partial charge in [0.25, 0.3) is 5.69 Å². The van der Waals surface area contributed by atoms with E-state index in [4.69, 9.17) is 4.74 Å². The number of aliphatic hydroxyl groups excluding tert-OH is 1. The Morgan fingerprint density at radius 2 is 1.81 bits per heavy atom. The molecule has 0 heterocycles. The predicted octanol–water partition coefficient (Wildman–Crippen LogP) is 3.13. The topological polar surface area (TPSA) is 72.6 Å². The third-order valence-electron chi connectivity index (χ3n) is 2.68. The summed E-state index contributed by atoms with van der Waals surface area (Å²) in [5.41, 5.74) is 0.0162. The van der Waals surface area contributed by atoms with E-state index in [9.17, 15) is 15.2 Å². The SMILES string of the molecule is O=[N+]([O-])c1ccc(OCC(O)CSc2ccccc2)cc1. The number of hydrogen-bond donors (Lipinski definition) is 1. The summed E-state index contributed by atoms with van der Waals surface area (Å²) in [7, 11) is 0. The minimum Gasteiger partial charge on any atom is -0.491 e. The minimum atomic E-state index is -0.606. The zero-order valence-electron chi connectivity index (χ0n) is 11.2. The van der Waals surface area contributed by atoms with Crippen molar-refractivity contribution >= 4 is 17.4 Å². The summed E-state index contributed by atoms with van der Waals surface area (Å²) in [6.45, 7) is 0.150. The Morgan fingerprint density at radius 1 is 1.14 bits per heavy atom. The number of aliphatic hydroxyl groups is 1. The van der Waals surface area contributed by atoms with E-state index in [1.807, 2.05) is 30.3 Å². The predicted molar refractivity (Wildman–Crippen MR) is 81.8 cm³/mol. The Bertz CT molecular complexity index is 574. The minimum absolute atomic E-state index is 0.0162. The zero-order chi connectivity index (χ0) is 15.1. The van der Waals surface area contributed by atoms with Gasteiger partial charge in [-0.3, -0.25) is 10.1 Å². The van der Waals surface area contributed by atoms with Crippen LogP contribution in [0.1, 0.15) is 0 Å². The van der Waals surface area contributed by atoms with Gasteiger partial charge in [-0.25, -0.2) is 0 Å². The highest BCUT2D eigenvalue weighted by Gasteiger charge is 2.08. The lowest BCUT2D eigenvalue weighted by molar-refractivity contribution is -0.384. The van der Waals surface area contributed by atoms with E-state index in [1.165, 1.54) is 24.3 Å². The third-order valence-corrected chi connectivity index (χ3v) is 3.83. The van der Waals surface area contributed by atoms with Crippen LogP contribution in [0, 0.1) is 10.1 Å². The molecule has 0 amide bonds. The molecular weight excluding hydrogens is 290 g/mol. The molecule has 0 fully saturated rings. The fraction of sp³-hybridized carbons (Fsp3) is 0.200. The van der Waals surface area contributed by atoms with Crippen molar-refractivity contribution in [1.29, 1.82) is 0 Å². The average molecular weight is 305 g/mol. The highest BCUT2D eigenvalue weighted by Crippen LogP contribution is 2.20. The van der Waals surface area contributed by atoms with Gasteiger partial charge in [-0.05, 0) is 24.3 Å². The summed E-state index contributed by atoms with van der Waals surface area (Å²) in [6, 6.07) is 15.6. The average Bonchev–Trinajstić information content (AvgIpc) is 2.52. The van der Waals surface area contributed by atoms with Crippen molar-refractivity contribution in [3.63, 3.8) is 0 Å². The molecule has 1 unspecified atom stereocenters. The maximum absolute atomic E-state index is 10.5. The van der Waals surface area contributed by atoms with Crippen LogP contribution in [0.5, 0.6) is 5.75 Å². The van der Waals surface area contributed by atoms with Gasteiger partial charge in [-0.2, -0.15) is 0 Å². The third kappa shape index (κ3) is 5.09. The summed E-state index contributed by atoms with van der Waals surface area (Å²) in [6.07, 6.45) is -0.606. The number of nitrogens with zero attached hydrogens (tertiary/aromatic N) is 1. The van der Waals surface area contributed by atoms with Crippen molar-refractivity contribution < 1.29 is 14.8 Å². The van der Waals surface area contributed by atoms with Gasteiger partial charge in [0, 0.05) is 22.8 Å². The molecule has 5 nitrogen and oxygen atoms in total. The molecule has 21 heavy (non-hydrogen) atoms. The lowest BCUT2D eigenvalue weighted by Gasteiger charge is -2.12. The van der Waals surface area contributed by atoms with E-state index in [-0.39, 0.29) is 12.3 Å². The van der Waals surface area contributed by atoms with Crippen molar-refractivity contribution in [2.75, 3.05) is 12.4 Å². The van der Waals surface area contributed by atoms with Gasteiger partial charge in [0.1, 0.15) is 12.4 Å². The summed E-state index contributed by atoms with van der Waals surface area (Å²) < 4.78 is 5.41. The van der Waals surface area contributed by atoms with Gasteiger partial charge in [-0.15, -0.1) is 11.8 Å². The lowest BCUT2D eigenvalue weighted by atomic mass is 10.3. The Balaban J connectivity index is 1.75. The van der Waals surface area contributed by atoms with Gasteiger partial charge in [-0.1, -0.05) is 18.2 Å². The van der Waals surface area contributed by atoms with Crippen LogP contribution in [0.4, 0.5) is 5.69 Å². The van der Waals surface area contributed by atoms with Gasteiger partial charge < -0.3 is 9.84 Å². The molecule has 0 aliphatic rings. The largest absolute Gasteiger partial charge is 0.491 e. The van der Waals surface area contributed by atoms with Crippen molar-refractivity contribution in [3.8, 4) is 5.75 Å². The molecule has 0 saturated carbocycles. The summed E-state index contributed by atoms with van der Waals surface area (Å²) in [5, 5.41) is 20.4. The normalized spacial score (nSPS) is 11.9. The molecule has 2 rings (SSSR count). The molecule has 0 aliphatic heterocycles. The molecule has 0 saturated heterocycles. The Morgan fingerprint density at radius 3 is 2.43 bits per heavy atom. The van der Waals surface area contributed by atoms with Crippen LogP contribution in [0.3, 0.4) is 0 Å². The summed E-state index contributed by atoms with van der Waals surface area (Å²) >= 11 is 1.55. The molecule has 0 aromatic heterocycles. The number of benzene rings is 2. The number of nitro benzene ring substituents is 1. The first-order chi connectivity index (χ1) is 10.1. The van der Waals surface area contributed by atoms with E-state index in [2.05, 4.69) is 0 Å². The quantitative estimate of drug-likeness (QED) is 0.483. The van der Waals surface area contributed by atoms with Gasteiger partial charge in [0.05, 0.1) is 11.0 Å². The lowest BCUT2D eigenvalue weighted by Crippen LogP contribution is -2.20. The first-order valence-electron chi connectivity index (χ1n) is 6.38. The molecule has 1 N–H and O–H groups in total. The monoisotopic (exact) mass is 305 g/mol. The van der Waals surface area contributed by atoms with Crippen LogP contribution in [0.2, 0.25) is 0 Å². The van der Waals surface area contributed by atoms with E-state index in [1.54, 1.807) is 11.8 Å². The number of hydrogen-bond acceptors (Lipinski definition) is 5. The molecule has 1 atom stereocenters. The highest BCUT2D eigenvalue weighted by atomic mass is 32.2. The molecule has 0 spiro atoms. The van der Waals surface area contributed by atoms with Crippen LogP contribution in [-0.4, -0.2) is 28.5 Å². The van der Waals surface area contributed by atoms with E-state index >= 15 is 0 Å². The zero-order valence-corrected chi connectivity index (χ0v) is 12.0. The van der Waals surface area contributed by atoms with Crippen LogP contribution in [-0.2, 0) is 0 Å². The molecular formula is C15H15NO4S. The van der Waals surface area contributed by atoms with Crippen molar-refractivity contribution in [2.24, 2.45) is 0 Å². The first-order valence-corrected chi connectivity index (χ1v) is 7.37. The van der Waals surface area contributed by atoms with Crippen molar-refractivity contribution in [1.82, 2.24) is 0 Å². The molecule has 0 aliphatic carbocycles. The Labute approximate surface area is 126 Å². The van der Waals surface area contributed by atoms with E-state index < -0.39 is 11.0 Å². The molecule has 2 aromatic carbocycles. The number of non-ortho nitro benzene ring substituents is 1. The molecule has 2 aromatic rings. The highest BCUT2D eigenvalue weighted by molar-refractivity contribution is 7.99. The van der Waals surface area contributed by atoms with E-state index in [0.717, 1.165) is 4.90 Å². The summed E-state index contributed by atoms with van der Waals surface area (Å²) in [5.74, 6) is 1.03. The Kier molecular flexibility index (Phi) is 5.59. The van der Waals surface area contributed by atoms with E-state index in [0.29, 0.717) is 11.5 Å². The van der Waals surface area contributed by atoms with Crippen LogP contribution in [0.15, 0.2) is 59.5 Å². The summed E-state index contributed by atoms with van der Waals surface area (Å²) in [4.78, 5) is 11.1. The molecule has 6 heteroatoms. The number of ether oxygens (including phenoxy) is 1. The molecule has 0 bridgehead atoms. The second kappa shape index (κ2) is 7.66. The van der Waals surface area contributed by atoms with Crippen LogP contribution < -0.4 is 4.74 Å². The number of rotatable bonds is 7. The van der Waals surface area contributed by atoms with Crippen LogP contribution >= 0.6 is 11.8 Å². The standard InChI is InChI=1S/C15H15NO4S/c17-13(11-21-15-4-2-1-3-5-15)10-20-14-8-6-12(7-9-14)16(18)19/h1-9,13,17H,10-11H2. The number of thioether (sulfide) groups is 1. The molecule has 110 valence electrons. The van der Waals surface area contributed by atoms with Gasteiger partial charge in [0.2, 0.25) is 0 Å². The van der Waals surface area contributed by atoms with Gasteiger partial charge in [0.15, 0.2) is 0 Å². The second-order valence-corrected chi connectivity index (χ2v) is 5.43. The molecule has 0 radical (unpaired) electrons. The Hall–Kier alpha value is -2.05. The van der Waals surface area contributed by atoms with Gasteiger partial charge >= 0.3 is 0 Å². The first kappa shape index (κ1) is 15.3. The fourth-order valence-electron chi connectivity index (χ4n) is 1.61.